The Bertz CT molecular complexity index is 677. The maximum absolute atomic E-state index is 12.4. The third kappa shape index (κ3) is 5.90. The van der Waals surface area contributed by atoms with Crippen LogP contribution in [0.25, 0.3) is 0 Å². The average molecular weight is 386 g/mol. The lowest BCUT2D eigenvalue weighted by atomic mass is 10.1. The number of nitrogens with zero attached hydrogens (tertiary/aromatic N) is 2. The van der Waals surface area contributed by atoms with Gasteiger partial charge in [-0.15, -0.1) is 0 Å². The summed E-state index contributed by atoms with van der Waals surface area (Å²) in [5.74, 6) is -1.52. The molecule has 0 spiro atoms. The van der Waals surface area contributed by atoms with Crippen molar-refractivity contribution >= 4 is 24.1 Å². The first-order valence-electron chi connectivity index (χ1n) is 9.92. The minimum absolute atomic E-state index is 0.118. The van der Waals surface area contributed by atoms with E-state index in [9.17, 15) is 19.2 Å². The minimum atomic E-state index is -0.988. The third-order valence-electron chi connectivity index (χ3n) is 4.85. The number of piperazine rings is 1. The van der Waals surface area contributed by atoms with Crippen LogP contribution in [0.2, 0.25) is 0 Å². The number of unbranched alkanes of at least 4 members (excludes halogenated alkanes) is 5. The largest absolute Gasteiger partial charge is 0.333 e. The van der Waals surface area contributed by atoms with Gasteiger partial charge in [-0.3, -0.25) is 19.3 Å². The third-order valence-corrected chi connectivity index (χ3v) is 4.85. The molecule has 1 unspecified atom stereocenters. The molecule has 0 bridgehead atoms. The fourth-order valence-corrected chi connectivity index (χ4v) is 3.19. The SMILES string of the molecule is CCCCCCCCN1CCN(C(=O)NC([C]=O)c2ccccc2)C(=O)C1=O. The van der Waals surface area contributed by atoms with E-state index in [-0.39, 0.29) is 6.54 Å². The van der Waals surface area contributed by atoms with E-state index >= 15 is 0 Å². The first kappa shape index (κ1) is 21.6. The van der Waals surface area contributed by atoms with Crippen LogP contribution in [0.3, 0.4) is 0 Å². The van der Waals surface area contributed by atoms with Crippen molar-refractivity contribution in [3.63, 3.8) is 0 Å². The van der Waals surface area contributed by atoms with Gasteiger partial charge in [-0.25, -0.2) is 4.79 Å². The number of benzene rings is 1. The van der Waals surface area contributed by atoms with E-state index in [1.54, 1.807) is 36.6 Å². The molecule has 1 N–H and O–H groups in total. The molecule has 1 aromatic rings. The van der Waals surface area contributed by atoms with Gasteiger partial charge in [0.2, 0.25) is 6.29 Å². The van der Waals surface area contributed by atoms with Crippen molar-refractivity contribution in [1.82, 2.24) is 15.1 Å². The summed E-state index contributed by atoms with van der Waals surface area (Å²) in [6, 6.07) is 6.89. The van der Waals surface area contributed by atoms with Crippen molar-refractivity contribution in [3.8, 4) is 0 Å². The first-order valence-corrected chi connectivity index (χ1v) is 9.92. The van der Waals surface area contributed by atoms with E-state index in [1.807, 2.05) is 0 Å². The molecule has 0 aliphatic carbocycles. The van der Waals surface area contributed by atoms with E-state index in [0.717, 1.165) is 24.2 Å². The summed E-state index contributed by atoms with van der Waals surface area (Å²) >= 11 is 0. The molecule has 0 aromatic heterocycles. The lowest BCUT2D eigenvalue weighted by Gasteiger charge is -2.33. The van der Waals surface area contributed by atoms with Crippen molar-refractivity contribution in [2.75, 3.05) is 19.6 Å². The van der Waals surface area contributed by atoms with Gasteiger partial charge in [0.1, 0.15) is 6.04 Å². The zero-order valence-corrected chi connectivity index (χ0v) is 16.4. The highest BCUT2D eigenvalue weighted by Gasteiger charge is 2.36. The van der Waals surface area contributed by atoms with E-state index in [4.69, 9.17) is 0 Å². The molecular formula is C21H28N3O4. The highest BCUT2D eigenvalue weighted by Crippen LogP contribution is 2.13. The van der Waals surface area contributed by atoms with E-state index in [2.05, 4.69) is 12.2 Å². The van der Waals surface area contributed by atoms with Gasteiger partial charge in [0, 0.05) is 19.6 Å². The van der Waals surface area contributed by atoms with Crippen LogP contribution in [0, 0.1) is 0 Å². The van der Waals surface area contributed by atoms with Gasteiger partial charge in [0.05, 0.1) is 0 Å². The summed E-state index contributed by atoms with van der Waals surface area (Å²) in [6.07, 6.45) is 8.35. The number of hydrogen-bond acceptors (Lipinski definition) is 4. The lowest BCUT2D eigenvalue weighted by molar-refractivity contribution is -0.153. The van der Waals surface area contributed by atoms with Gasteiger partial charge in [-0.2, -0.15) is 0 Å². The number of nitrogens with one attached hydrogen (secondary N) is 1. The number of carbonyl (C=O) groups is 3. The lowest BCUT2D eigenvalue weighted by Crippen LogP contribution is -2.58. The number of hydrogen-bond donors (Lipinski definition) is 1. The normalized spacial score (nSPS) is 15.5. The fraction of sp³-hybridized carbons (Fsp3) is 0.524. The second kappa shape index (κ2) is 11.2. The van der Waals surface area contributed by atoms with Gasteiger partial charge < -0.3 is 10.2 Å². The van der Waals surface area contributed by atoms with Crippen LogP contribution >= 0.6 is 0 Å². The van der Waals surface area contributed by atoms with Gasteiger partial charge in [0.15, 0.2) is 0 Å². The van der Waals surface area contributed by atoms with E-state index < -0.39 is 23.9 Å². The van der Waals surface area contributed by atoms with Gasteiger partial charge in [-0.05, 0) is 12.0 Å². The van der Waals surface area contributed by atoms with Crippen molar-refractivity contribution in [2.24, 2.45) is 0 Å². The predicted molar refractivity (Wildman–Crippen MR) is 105 cm³/mol. The van der Waals surface area contributed by atoms with Crippen LogP contribution in [-0.2, 0) is 14.4 Å². The molecule has 1 radical (unpaired) electrons. The van der Waals surface area contributed by atoms with E-state index in [0.29, 0.717) is 18.7 Å². The van der Waals surface area contributed by atoms with Crippen LogP contribution < -0.4 is 5.32 Å². The molecule has 7 heteroatoms. The number of carbonyl (C=O) groups excluding carboxylic acids is 4. The topological polar surface area (TPSA) is 86.8 Å². The van der Waals surface area contributed by atoms with Crippen molar-refractivity contribution in [3.05, 3.63) is 35.9 Å². The van der Waals surface area contributed by atoms with Gasteiger partial charge >= 0.3 is 17.8 Å². The molecule has 1 aliphatic rings. The summed E-state index contributed by atoms with van der Waals surface area (Å²) in [7, 11) is 0. The molecule has 4 amide bonds. The number of rotatable bonds is 10. The van der Waals surface area contributed by atoms with Gasteiger partial charge in [0.25, 0.3) is 0 Å². The minimum Gasteiger partial charge on any atom is -0.333 e. The smallest absolute Gasteiger partial charge is 0.325 e. The molecule has 1 saturated heterocycles. The quantitative estimate of drug-likeness (QED) is 0.495. The molecule has 28 heavy (non-hydrogen) atoms. The maximum Gasteiger partial charge on any atom is 0.325 e. The first-order chi connectivity index (χ1) is 13.6. The van der Waals surface area contributed by atoms with Crippen LogP contribution in [0.5, 0.6) is 0 Å². The van der Waals surface area contributed by atoms with Crippen molar-refractivity contribution < 1.29 is 19.2 Å². The molecule has 7 nitrogen and oxygen atoms in total. The zero-order chi connectivity index (χ0) is 20.4. The van der Waals surface area contributed by atoms with Crippen LogP contribution in [0.4, 0.5) is 4.79 Å². The summed E-state index contributed by atoms with van der Waals surface area (Å²) in [5.41, 5.74) is 0.561. The number of imide groups is 1. The molecule has 1 atom stereocenters. The molecule has 0 saturated carbocycles. The van der Waals surface area contributed by atoms with Crippen LogP contribution in [0.1, 0.15) is 57.1 Å². The monoisotopic (exact) mass is 386 g/mol. The molecule has 1 fully saturated rings. The second-order valence-electron chi connectivity index (χ2n) is 6.93. The molecular weight excluding hydrogens is 358 g/mol. The Kier molecular flexibility index (Phi) is 8.65. The van der Waals surface area contributed by atoms with Crippen molar-refractivity contribution in [2.45, 2.75) is 51.5 Å². The Morgan fingerprint density at radius 3 is 2.39 bits per heavy atom. The summed E-state index contributed by atoms with van der Waals surface area (Å²) in [5, 5.41) is 2.46. The van der Waals surface area contributed by atoms with E-state index in [1.165, 1.54) is 24.2 Å². The Hall–Kier alpha value is -2.70. The standard InChI is InChI=1S/C21H28N3O4/c1-2-3-4-5-6-10-13-23-14-15-24(20(27)19(23)26)21(28)22-18(16-25)17-11-8-7-9-12-17/h7-9,11-12,18H,2-6,10,13-15H2,1H3,(H,22,28). The molecule has 151 valence electrons. The van der Waals surface area contributed by atoms with Crippen LogP contribution in [0.15, 0.2) is 30.3 Å². The number of amides is 4. The Balaban J connectivity index is 1.84. The molecule has 1 heterocycles. The summed E-state index contributed by atoms with van der Waals surface area (Å²) in [6.45, 7) is 3.12. The fourth-order valence-electron chi connectivity index (χ4n) is 3.19. The molecule has 1 aromatic carbocycles. The summed E-state index contributed by atoms with van der Waals surface area (Å²) < 4.78 is 0. The summed E-state index contributed by atoms with van der Waals surface area (Å²) in [4.78, 5) is 50.6. The van der Waals surface area contributed by atoms with Crippen molar-refractivity contribution in [1.29, 1.82) is 0 Å². The predicted octanol–water partition coefficient (Wildman–Crippen LogP) is 2.58. The highest BCUT2D eigenvalue weighted by atomic mass is 16.2. The highest BCUT2D eigenvalue weighted by molar-refractivity contribution is 6.38. The Morgan fingerprint density at radius 2 is 1.71 bits per heavy atom. The number of urea groups is 1. The maximum atomic E-state index is 12.4. The Morgan fingerprint density at radius 1 is 1.04 bits per heavy atom. The van der Waals surface area contributed by atoms with Crippen LogP contribution in [-0.4, -0.2) is 53.6 Å². The molecule has 2 rings (SSSR count). The Labute approximate surface area is 166 Å². The second-order valence-corrected chi connectivity index (χ2v) is 6.93. The average Bonchev–Trinajstić information content (AvgIpc) is 2.72. The zero-order valence-electron chi connectivity index (χ0n) is 16.4. The molecule has 1 aliphatic heterocycles. The van der Waals surface area contributed by atoms with Gasteiger partial charge in [-0.1, -0.05) is 69.4 Å².